The maximum absolute atomic E-state index is 11.6. The first-order valence-electron chi connectivity index (χ1n) is 4.66. The highest BCUT2D eigenvalue weighted by atomic mass is 35.5. The predicted molar refractivity (Wildman–Crippen MR) is 60.7 cm³/mol. The smallest absolute Gasteiger partial charge is 0.270 e. The largest absolute Gasteiger partial charge is 0.348 e. The third-order valence-electron chi connectivity index (χ3n) is 1.93. The Morgan fingerprint density at radius 3 is 2.88 bits per heavy atom. The monoisotopic (exact) mass is 242 g/mol. The zero-order chi connectivity index (χ0) is 12.1. The second-order valence-electron chi connectivity index (χ2n) is 3.34. The molecule has 0 saturated carbocycles. The molecule has 0 aliphatic heterocycles. The van der Waals surface area contributed by atoms with E-state index in [0.717, 1.165) is 0 Å². The molecule has 1 rings (SSSR count). The summed E-state index contributed by atoms with van der Waals surface area (Å²) in [5.41, 5.74) is 0.150. The standard InChI is InChI=1S/C10H11ClN2O3/c1-7(6-11)12-10(14)8-3-2-4-9(5-8)13(15)16/h2-5,7H,6H2,1H3,(H,12,14). The molecule has 0 aromatic heterocycles. The van der Waals surface area contributed by atoms with E-state index >= 15 is 0 Å². The van der Waals surface area contributed by atoms with E-state index in [4.69, 9.17) is 11.6 Å². The van der Waals surface area contributed by atoms with Crippen LogP contribution in [0.3, 0.4) is 0 Å². The summed E-state index contributed by atoms with van der Waals surface area (Å²) in [6, 6.07) is 5.38. The van der Waals surface area contributed by atoms with Gasteiger partial charge in [0.15, 0.2) is 0 Å². The number of hydrogen-bond acceptors (Lipinski definition) is 3. The average Bonchev–Trinajstić information content (AvgIpc) is 2.28. The lowest BCUT2D eigenvalue weighted by atomic mass is 10.2. The van der Waals surface area contributed by atoms with Gasteiger partial charge in [-0.2, -0.15) is 0 Å². The third-order valence-corrected chi connectivity index (χ3v) is 2.39. The van der Waals surface area contributed by atoms with E-state index in [1.165, 1.54) is 24.3 Å². The van der Waals surface area contributed by atoms with Crippen molar-refractivity contribution in [3.63, 3.8) is 0 Å². The third kappa shape index (κ3) is 3.20. The number of carbonyl (C=O) groups is 1. The fourth-order valence-corrected chi connectivity index (χ4v) is 1.18. The van der Waals surface area contributed by atoms with E-state index in [1.54, 1.807) is 6.92 Å². The van der Waals surface area contributed by atoms with Gasteiger partial charge in [-0.3, -0.25) is 14.9 Å². The number of benzene rings is 1. The zero-order valence-electron chi connectivity index (χ0n) is 8.64. The van der Waals surface area contributed by atoms with Crippen molar-refractivity contribution >= 4 is 23.2 Å². The lowest BCUT2D eigenvalue weighted by Crippen LogP contribution is -2.33. The number of rotatable bonds is 4. The molecule has 16 heavy (non-hydrogen) atoms. The number of halogens is 1. The second kappa shape index (κ2) is 5.46. The van der Waals surface area contributed by atoms with E-state index in [0.29, 0.717) is 5.88 Å². The van der Waals surface area contributed by atoms with Gasteiger partial charge >= 0.3 is 0 Å². The molecule has 0 fully saturated rings. The average molecular weight is 243 g/mol. The number of amides is 1. The number of nitro benzene ring substituents is 1. The summed E-state index contributed by atoms with van der Waals surface area (Å²) >= 11 is 5.54. The summed E-state index contributed by atoms with van der Waals surface area (Å²) < 4.78 is 0. The Labute approximate surface area is 97.6 Å². The maximum atomic E-state index is 11.6. The van der Waals surface area contributed by atoms with Crippen molar-refractivity contribution in [1.82, 2.24) is 5.32 Å². The predicted octanol–water partition coefficient (Wildman–Crippen LogP) is 1.95. The maximum Gasteiger partial charge on any atom is 0.270 e. The second-order valence-corrected chi connectivity index (χ2v) is 3.64. The van der Waals surface area contributed by atoms with Gasteiger partial charge in [0.25, 0.3) is 11.6 Å². The molecule has 1 N–H and O–H groups in total. The highest BCUT2D eigenvalue weighted by Gasteiger charge is 2.12. The van der Waals surface area contributed by atoms with Crippen LogP contribution in [-0.4, -0.2) is 22.8 Å². The summed E-state index contributed by atoms with van der Waals surface area (Å²) in [5.74, 6) is -0.0717. The van der Waals surface area contributed by atoms with Crippen LogP contribution < -0.4 is 5.32 Å². The first-order chi connectivity index (χ1) is 7.54. The molecular weight excluding hydrogens is 232 g/mol. The molecule has 1 amide bonds. The molecule has 1 aromatic rings. The van der Waals surface area contributed by atoms with E-state index in [2.05, 4.69) is 5.32 Å². The highest BCUT2D eigenvalue weighted by Crippen LogP contribution is 2.13. The quantitative estimate of drug-likeness (QED) is 0.498. The number of alkyl halides is 1. The van der Waals surface area contributed by atoms with Crippen LogP contribution in [0, 0.1) is 10.1 Å². The van der Waals surface area contributed by atoms with E-state index in [1.807, 2.05) is 0 Å². The number of carbonyl (C=O) groups excluding carboxylic acids is 1. The summed E-state index contributed by atoms with van der Waals surface area (Å²) in [6.45, 7) is 1.75. The SMILES string of the molecule is CC(CCl)NC(=O)c1cccc([N+](=O)[O-])c1. The van der Waals surface area contributed by atoms with Crippen LogP contribution >= 0.6 is 11.6 Å². The molecule has 5 nitrogen and oxygen atoms in total. The van der Waals surface area contributed by atoms with Crippen molar-refractivity contribution in [2.24, 2.45) is 0 Å². The molecule has 0 aliphatic carbocycles. The molecule has 1 aromatic carbocycles. The lowest BCUT2D eigenvalue weighted by molar-refractivity contribution is -0.384. The molecule has 6 heteroatoms. The number of nitro groups is 1. The van der Waals surface area contributed by atoms with Gasteiger partial charge in [0.05, 0.1) is 4.92 Å². The first-order valence-corrected chi connectivity index (χ1v) is 5.19. The van der Waals surface area contributed by atoms with Crippen LogP contribution in [-0.2, 0) is 0 Å². The minimum absolute atomic E-state index is 0.105. The number of nitrogens with zero attached hydrogens (tertiary/aromatic N) is 1. The Morgan fingerprint density at radius 2 is 2.31 bits per heavy atom. The van der Waals surface area contributed by atoms with Gasteiger partial charge in [0.2, 0.25) is 0 Å². The van der Waals surface area contributed by atoms with Crippen molar-refractivity contribution in [3.8, 4) is 0 Å². The molecule has 0 saturated heterocycles. The summed E-state index contributed by atoms with van der Waals surface area (Å²) in [5, 5.41) is 13.1. The van der Waals surface area contributed by atoms with Gasteiger partial charge in [-0.15, -0.1) is 11.6 Å². The zero-order valence-corrected chi connectivity index (χ0v) is 9.40. The van der Waals surface area contributed by atoms with E-state index in [-0.39, 0.29) is 23.2 Å². The highest BCUT2D eigenvalue weighted by molar-refractivity contribution is 6.18. The topological polar surface area (TPSA) is 72.2 Å². The molecule has 86 valence electrons. The Hall–Kier alpha value is -1.62. The van der Waals surface area contributed by atoms with Gasteiger partial charge in [0, 0.05) is 29.6 Å². The van der Waals surface area contributed by atoms with Crippen LogP contribution in [0.5, 0.6) is 0 Å². The lowest BCUT2D eigenvalue weighted by Gasteiger charge is -2.09. The van der Waals surface area contributed by atoms with E-state index in [9.17, 15) is 14.9 Å². The Bertz CT molecular complexity index is 409. The molecule has 1 unspecified atom stereocenters. The van der Waals surface area contributed by atoms with Gasteiger partial charge in [-0.1, -0.05) is 6.07 Å². The van der Waals surface area contributed by atoms with Crippen LogP contribution in [0.25, 0.3) is 0 Å². The van der Waals surface area contributed by atoms with Crippen molar-refractivity contribution in [2.45, 2.75) is 13.0 Å². The molecule has 1 atom stereocenters. The summed E-state index contributed by atoms with van der Waals surface area (Å²) in [6.07, 6.45) is 0. The molecule has 0 radical (unpaired) electrons. The fraction of sp³-hybridized carbons (Fsp3) is 0.300. The van der Waals surface area contributed by atoms with Gasteiger partial charge in [0.1, 0.15) is 0 Å². The number of non-ortho nitro benzene ring substituents is 1. The van der Waals surface area contributed by atoms with Gasteiger partial charge < -0.3 is 5.32 Å². The minimum atomic E-state index is -0.540. The molecule has 0 spiro atoms. The number of nitrogens with one attached hydrogen (secondary N) is 1. The Balaban J connectivity index is 2.83. The van der Waals surface area contributed by atoms with Crippen molar-refractivity contribution in [1.29, 1.82) is 0 Å². The Morgan fingerprint density at radius 1 is 1.62 bits per heavy atom. The number of hydrogen-bond donors (Lipinski definition) is 1. The van der Waals surface area contributed by atoms with Crippen molar-refractivity contribution in [2.75, 3.05) is 5.88 Å². The fourth-order valence-electron chi connectivity index (χ4n) is 1.11. The first kappa shape index (κ1) is 12.4. The van der Waals surface area contributed by atoms with Crippen LogP contribution in [0.1, 0.15) is 17.3 Å². The van der Waals surface area contributed by atoms with Crippen LogP contribution in [0.2, 0.25) is 0 Å². The summed E-state index contributed by atoms with van der Waals surface area (Å²) in [7, 11) is 0. The van der Waals surface area contributed by atoms with Gasteiger partial charge in [-0.05, 0) is 13.0 Å². The normalized spacial score (nSPS) is 11.9. The van der Waals surface area contributed by atoms with Crippen molar-refractivity contribution < 1.29 is 9.72 Å². The van der Waals surface area contributed by atoms with Gasteiger partial charge in [-0.25, -0.2) is 0 Å². The Kier molecular flexibility index (Phi) is 4.25. The molecule has 0 bridgehead atoms. The minimum Gasteiger partial charge on any atom is -0.348 e. The molecular formula is C10H11ClN2O3. The van der Waals surface area contributed by atoms with E-state index < -0.39 is 4.92 Å². The van der Waals surface area contributed by atoms with Crippen LogP contribution in [0.4, 0.5) is 5.69 Å². The van der Waals surface area contributed by atoms with Crippen molar-refractivity contribution in [3.05, 3.63) is 39.9 Å². The molecule has 0 heterocycles. The van der Waals surface area contributed by atoms with Crippen LogP contribution in [0.15, 0.2) is 24.3 Å². The summed E-state index contributed by atoms with van der Waals surface area (Å²) in [4.78, 5) is 21.6. The molecule has 0 aliphatic rings.